The van der Waals surface area contributed by atoms with E-state index in [2.05, 4.69) is 26.0 Å². The maximum absolute atomic E-state index is 12.5. The molecule has 4 rings (SSSR count). The summed E-state index contributed by atoms with van der Waals surface area (Å²) < 4.78 is 6.04. The molecule has 5 unspecified atom stereocenters. The molecule has 34 heavy (non-hydrogen) atoms. The minimum atomic E-state index is -1.04. The van der Waals surface area contributed by atoms with E-state index in [1.165, 1.54) is 10.5 Å². The normalized spacial score (nSPS) is 33.4. The van der Waals surface area contributed by atoms with E-state index < -0.39 is 17.5 Å². The number of allylic oxidation sites excluding steroid dienone is 2. The molecular weight excluding hydrogens is 434 g/mol. The molecule has 0 aromatic rings. The number of carbonyl (C=O) groups excluding carboxylic acids is 2. The Bertz CT molecular complexity index is 1030. The second-order valence-electron chi connectivity index (χ2n) is 10.5. The summed E-state index contributed by atoms with van der Waals surface area (Å²) in [5, 5.41) is 20.1. The lowest BCUT2D eigenvalue weighted by atomic mass is 9.62. The summed E-state index contributed by atoms with van der Waals surface area (Å²) in [7, 11) is 0. The van der Waals surface area contributed by atoms with Crippen LogP contribution in [-0.4, -0.2) is 51.6 Å². The molecule has 2 aliphatic carbocycles. The number of nitrogens with zero attached hydrogens (tertiary/aromatic N) is 1. The number of carbonyl (C=O) groups is 3. The average molecular weight is 470 g/mol. The zero-order valence-electron chi connectivity index (χ0n) is 20.5. The van der Waals surface area contributed by atoms with Crippen LogP contribution in [0.5, 0.6) is 0 Å². The molecule has 2 heterocycles. The van der Waals surface area contributed by atoms with Crippen LogP contribution in [0.15, 0.2) is 46.3 Å². The third-order valence-electron chi connectivity index (χ3n) is 8.22. The van der Waals surface area contributed by atoms with Crippen LogP contribution < -0.4 is 0 Å². The van der Waals surface area contributed by atoms with Crippen molar-refractivity contribution in [3.8, 4) is 0 Å². The highest BCUT2D eigenvalue weighted by molar-refractivity contribution is 5.97. The van der Waals surface area contributed by atoms with Crippen LogP contribution in [0.25, 0.3) is 0 Å². The van der Waals surface area contributed by atoms with Gasteiger partial charge in [-0.25, -0.2) is 4.79 Å². The van der Waals surface area contributed by atoms with Crippen LogP contribution in [-0.2, 0) is 19.1 Å². The van der Waals surface area contributed by atoms with E-state index in [4.69, 9.17) is 9.84 Å². The SMILES string of the molecule is CC(=CC1C=C(C)C2CCC(C)C2C12OC(=O)C(C)=C2O)CCCC1=CCN(CC(=O)O)C1=O. The second-order valence-corrected chi connectivity index (χ2v) is 10.5. The first-order chi connectivity index (χ1) is 16.1. The number of aliphatic carboxylic acids is 1. The quantitative estimate of drug-likeness (QED) is 0.425. The van der Waals surface area contributed by atoms with Gasteiger partial charge in [-0.3, -0.25) is 9.59 Å². The number of aliphatic hydroxyl groups is 1. The number of carboxylic acids is 1. The van der Waals surface area contributed by atoms with Gasteiger partial charge in [-0.1, -0.05) is 36.3 Å². The molecule has 4 aliphatic rings. The first-order valence-electron chi connectivity index (χ1n) is 12.3. The van der Waals surface area contributed by atoms with Crippen LogP contribution in [0.1, 0.15) is 59.8 Å². The predicted molar refractivity (Wildman–Crippen MR) is 127 cm³/mol. The summed E-state index contributed by atoms with van der Waals surface area (Å²) in [6, 6.07) is 0. The molecule has 2 aliphatic heterocycles. The largest absolute Gasteiger partial charge is 0.507 e. The van der Waals surface area contributed by atoms with E-state index in [9.17, 15) is 19.5 Å². The Kier molecular flexibility index (Phi) is 6.49. The Labute approximate surface area is 200 Å². The highest BCUT2D eigenvalue weighted by atomic mass is 16.6. The number of carboxylic acid groups (broad SMARTS) is 1. The van der Waals surface area contributed by atoms with Gasteiger partial charge in [0.25, 0.3) is 0 Å². The van der Waals surface area contributed by atoms with Crippen molar-refractivity contribution in [3.63, 3.8) is 0 Å². The minimum Gasteiger partial charge on any atom is -0.507 e. The van der Waals surface area contributed by atoms with Crippen LogP contribution in [0.4, 0.5) is 0 Å². The van der Waals surface area contributed by atoms with Crippen molar-refractivity contribution in [1.29, 1.82) is 0 Å². The molecule has 1 fully saturated rings. The number of esters is 1. The van der Waals surface area contributed by atoms with E-state index in [1.807, 2.05) is 13.0 Å². The highest BCUT2D eigenvalue weighted by Gasteiger charge is 2.62. The summed E-state index contributed by atoms with van der Waals surface area (Å²) >= 11 is 0. The van der Waals surface area contributed by atoms with Gasteiger partial charge >= 0.3 is 11.9 Å². The van der Waals surface area contributed by atoms with Crippen molar-refractivity contribution in [3.05, 3.63) is 46.3 Å². The van der Waals surface area contributed by atoms with Gasteiger partial charge < -0.3 is 19.8 Å². The summed E-state index contributed by atoms with van der Waals surface area (Å²) in [6.07, 6.45) is 10.3. The Balaban J connectivity index is 1.50. The van der Waals surface area contributed by atoms with Gasteiger partial charge in [-0.05, 0) is 64.7 Å². The smallest absolute Gasteiger partial charge is 0.338 e. The molecule has 1 spiro atoms. The number of ether oxygens (including phenoxy) is 1. The zero-order chi connectivity index (χ0) is 24.8. The molecule has 0 saturated heterocycles. The Morgan fingerprint density at radius 1 is 1.29 bits per heavy atom. The maximum atomic E-state index is 12.5. The van der Waals surface area contributed by atoms with Crippen LogP contribution >= 0.6 is 0 Å². The molecule has 1 amide bonds. The monoisotopic (exact) mass is 469 g/mol. The molecule has 1 saturated carbocycles. The van der Waals surface area contributed by atoms with Gasteiger partial charge in [0, 0.05) is 24.0 Å². The van der Waals surface area contributed by atoms with Gasteiger partial charge in [-0.15, -0.1) is 0 Å². The van der Waals surface area contributed by atoms with Gasteiger partial charge in [-0.2, -0.15) is 0 Å². The van der Waals surface area contributed by atoms with E-state index >= 15 is 0 Å². The van der Waals surface area contributed by atoms with Gasteiger partial charge in [0.05, 0.1) is 5.57 Å². The van der Waals surface area contributed by atoms with Gasteiger partial charge in [0.2, 0.25) is 5.91 Å². The lowest BCUT2D eigenvalue weighted by Gasteiger charge is -2.46. The molecule has 0 aromatic carbocycles. The summed E-state index contributed by atoms with van der Waals surface area (Å²) in [6.45, 7) is 8.08. The van der Waals surface area contributed by atoms with Crippen molar-refractivity contribution in [2.75, 3.05) is 13.1 Å². The Morgan fingerprint density at radius 3 is 2.68 bits per heavy atom. The van der Waals surface area contributed by atoms with Crippen molar-refractivity contribution >= 4 is 17.8 Å². The number of fused-ring (bicyclic) bond motifs is 2. The molecule has 0 bridgehead atoms. The fourth-order valence-electron chi connectivity index (χ4n) is 6.53. The highest BCUT2D eigenvalue weighted by Crippen LogP contribution is 2.58. The number of hydrogen-bond donors (Lipinski definition) is 2. The molecule has 7 nitrogen and oxygen atoms in total. The van der Waals surface area contributed by atoms with Crippen LogP contribution in [0, 0.1) is 23.7 Å². The number of aliphatic hydroxyl groups excluding tert-OH is 1. The standard InChI is InChI=1S/C27H35NO6/c1-15(6-5-7-19-10-11-28(25(19)32)14-22(29)30)12-20-13-17(3)21-9-8-16(2)23(21)27(20)24(31)18(4)26(33)34-27/h10,12-13,16,20-21,23,31H,5-9,11,14H2,1-4H3,(H,29,30). The fraction of sp³-hybridized carbons (Fsp3) is 0.593. The number of amides is 1. The Morgan fingerprint density at radius 2 is 2.03 bits per heavy atom. The zero-order valence-corrected chi connectivity index (χ0v) is 20.5. The molecule has 2 N–H and O–H groups in total. The first kappa shape index (κ1) is 24.3. The fourth-order valence-corrected chi connectivity index (χ4v) is 6.53. The Hall–Kier alpha value is -2.83. The van der Waals surface area contributed by atoms with Crippen molar-refractivity contribution in [2.45, 2.75) is 65.4 Å². The summed E-state index contributed by atoms with van der Waals surface area (Å²) in [5.41, 5.74) is 2.34. The minimum absolute atomic E-state index is 0.0504. The lowest BCUT2D eigenvalue weighted by molar-refractivity contribution is -0.161. The second kappa shape index (κ2) is 9.08. The van der Waals surface area contributed by atoms with E-state index in [-0.39, 0.29) is 30.0 Å². The lowest BCUT2D eigenvalue weighted by Crippen LogP contribution is -2.52. The van der Waals surface area contributed by atoms with Crippen LogP contribution in [0.2, 0.25) is 0 Å². The summed E-state index contributed by atoms with van der Waals surface area (Å²) in [5.74, 6) is -1.11. The van der Waals surface area contributed by atoms with Gasteiger partial charge in [0.1, 0.15) is 12.3 Å². The molecule has 0 aromatic heterocycles. The van der Waals surface area contributed by atoms with E-state index in [0.29, 0.717) is 35.9 Å². The number of rotatable bonds is 7. The maximum Gasteiger partial charge on any atom is 0.338 e. The number of hydrogen-bond acceptors (Lipinski definition) is 5. The summed E-state index contributed by atoms with van der Waals surface area (Å²) in [4.78, 5) is 37.2. The third kappa shape index (κ3) is 3.99. The molecule has 0 radical (unpaired) electrons. The third-order valence-corrected chi connectivity index (χ3v) is 8.22. The molecular formula is C27H35NO6. The van der Waals surface area contributed by atoms with Crippen molar-refractivity contribution < 1.29 is 29.3 Å². The average Bonchev–Trinajstić information content (AvgIpc) is 3.39. The topological polar surface area (TPSA) is 104 Å². The van der Waals surface area contributed by atoms with Crippen molar-refractivity contribution in [2.24, 2.45) is 23.7 Å². The van der Waals surface area contributed by atoms with Crippen LogP contribution in [0.3, 0.4) is 0 Å². The van der Waals surface area contributed by atoms with Gasteiger partial charge in [0.15, 0.2) is 5.60 Å². The first-order valence-corrected chi connectivity index (χ1v) is 12.3. The van der Waals surface area contributed by atoms with Crippen molar-refractivity contribution in [1.82, 2.24) is 4.90 Å². The van der Waals surface area contributed by atoms with E-state index in [1.54, 1.807) is 6.92 Å². The molecule has 184 valence electrons. The molecule has 7 heteroatoms. The predicted octanol–water partition coefficient (Wildman–Crippen LogP) is 4.32. The molecule has 5 atom stereocenters. The van der Waals surface area contributed by atoms with E-state index in [0.717, 1.165) is 31.3 Å².